The molecule has 1 aliphatic carbocycles. The molecule has 1 saturated carbocycles. The van der Waals surface area contributed by atoms with Crippen molar-refractivity contribution in [3.8, 4) is 0 Å². The number of pyridine rings is 1. The van der Waals surface area contributed by atoms with Gasteiger partial charge >= 0.3 is 0 Å². The molecular weight excluding hydrogens is 208 g/mol. The second-order valence-electron chi connectivity index (χ2n) is 5.65. The summed E-state index contributed by atoms with van der Waals surface area (Å²) in [5.74, 6) is 1.76. The Hall–Kier alpha value is -0.890. The summed E-state index contributed by atoms with van der Waals surface area (Å²) in [5, 5.41) is 3.70. The zero-order valence-electron chi connectivity index (χ0n) is 11.2. The summed E-state index contributed by atoms with van der Waals surface area (Å²) < 4.78 is 0. The van der Waals surface area contributed by atoms with Crippen LogP contribution in [0.5, 0.6) is 0 Å². The van der Waals surface area contributed by atoms with Crippen LogP contribution in [0.2, 0.25) is 0 Å². The molecule has 1 aliphatic rings. The first-order chi connectivity index (χ1) is 8.16. The minimum absolute atomic E-state index is 0.703. The number of nitrogens with one attached hydrogen (secondary N) is 1. The quantitative estimate of drug-likeness (QED) is 0.865. The molecule has 1 heterocycles. The van der Waals surface area contributed by atoms with Crippen LogP contribution in [0, 0.1) is 18.8 Å². The van der Waals surface area contributed by atoms with E-state index in [1.54, 1.807) is 0 Å². The van der Waals surface area contributed by atoms with Crippen LogP contribution < -0.4 is 5.32 Å². The maximum atomic E-state index is 4.13. The van der Waals surface area contributed by atoms with Crippen molar-refractivity contribution in [1.82, 2.24) is 10.3 Å². The fourth-order valence-corrected chi connectivity index (χ4v) is 2.69. The Bertz CT molecular complexity index is 362. The minimum Gasteiger partial charge on any atom is -0.310 e. The van der Waals surface area contributed by atoms with Crippen LogP contribution in [0.3, 0.4) is 0 Å². The standard InChI is InChI=1S/C15H24N2/c1-11-4-5-15(8-12(11)2)17-10-14-6-7-16-9-13(14)3/h6-7,9,11-12,15,17H,4-5,8,10H2,1-3H3. The molecule has 3 atom stereocenters. The average molecular weight is 232 g/mol. The molecule has 2 heteroatoms. The molecule has 1 aromatic rings. The smallest absolute Gasteiger partial charge is 0.0300 e. The van der Waals surface area contributed by atoms with Gasteiger partial charge in [-0.05, 0) is 55.2 Å². The fraction of sp³-hybridized carbons (Fsp3) is 0.667. The first-order valence-electron chi connectivity index (χ1n) is 6.79. The van der Waals surface area contributed by atoms with Gasteiger partial charge in [-0.25, -0.2) is 0 Å². The van der Waals surface area contributed by atoms with Gasteiger partial charge in [-0.1, -0.05) is 13.8 Å². The van der Waals surface area contributed by atoms with Gasteiger partial charge in [0.1, 0.15) is 0 Å². The molecule has 17 heavy (non-hydrogen) atoms. The Labute approximate surface area is 105 Å². The summed E-state index contributed by atoms with van der Waals surface area (Å²) in [4.78, 5) is 4.13. The first kappa shape index (κ1) is 12.6. The third-order valence-electron chi connectivity index (χ3n) is 4.32. The summed E-state index contributed by atoms with van der Waals surface area (Å²) in [6.07, 6.45) is 7.85. The second-order valence-corrected chi connectivity index (χ2v) is 5.65. The minimum atomic E-state index is 0.703. The van der Waals surface area contributed by atoms with Gasteiger partial charge in [0, 0.05) is 25.0 Å². The zero-order valence-corrected chi connectivity index (χ0v) is 11.2. The highest BCUT2D eigenvalue weighted by Crippen LogP contribution is 2.29. The molecule has 2 nitrogen and oxygen atoms in total. The van der Waals surface area contributed by atoms with E-state index < -0.39 is 0 Å². The van der Waals surface area contributed by atoms with Crippen LogP contribution in [0.15, 0.2) is 18.5 Å². The Morgan fingerprint density at radius 1 is 1.29 bits per heavy atom. The van der Waals surface area contributed by atoms with Crippen molar-refractivity contribution in [2.75, 3.05) is 0 Å². The molecule has 1 fully saturated rings. The van der Waals surface area contributed by atoms with E-state index in [4.69, 9.17) is 0 Å². The summed E-state index contributed by atoms with van der Waals surface area (Å²) >= 11 is 0. The first-order valence-corrected chi connectivity index (χ1v) is 6.79. The van der Waals surface area contributed by atoms with Gasteiger partial charge < -0.3 is 5.32 Å². The zero-order chi connectivity index (χ0) is 12.3. The van der Waals surface area contributed by atoms with Crippen LogP contribution in [0.25, 0.3) is 0 Å². The van der Waals surface area contributed by atoms with E-state index in [0.717, 1.165) is 18.4 Å². The average Bonchev–Trinajstić information content (AvgIpc) is 2.32. The van der Waals surface area contributed by atoms with Gasteiger partial charge in [0.2, 0.25) is 0 Å². The number of aromatic nitrogens is 1. The lowest BCUT2D eigenvalue weighted by molar-refractivity contribution is 0.225. The molecule has 0 radical (unpaired) electrons. The number of rotatable bonds is 3. The molecule has 0 aliphatic heterocycles. The lowest BCUT2D eigenvalue weighted by atomic mass is 9.79. The molecule has 0 spiro atoms. The summed E-state index contributed by atoms with van der Waals surface area (Å²) in [7, 11) is 0. The van der Waals surface area contributed by atoms with Gasteiger partial charge in [-0.3, -0.25) is 4.98 Å². The van der Waals surface area contributed by atoms with E-state index in [0.29, 0.717) is 6.04 Å². The van der Waals surface area contributed by atoms with Gasteiger partial charge in [0.15, 0.2) is 0 Å². The molecule has 2 rings (SSSR count). The number of nitrogens with zero attached hydrogens (tertiary/aromatic N) is 1. The van der Waals surface area contributed by atoms with Crippen LogP contribution in [-0.2, 0) is 6.54 Å². The molecular formula is C15H24N2. The molecule has 1 N–H and O–H groups in total. The topological polar surface area (TPSA) is 24.9 Å². The normalized spacial score (nSPS) is 29.2. The SMILES string of the molecule is Cc1cnccc1CNC1CCC(C)C(C)C1. The van der Waals surface area contributed by atoms with Gasteiger partial charge in [-0.15, -0.1) is 0 Å². The van der Waals surface area contributed by atoms with Crippen molar-refractivity contribution in [3.05, 3.63) is 29.6 Å². The van der Waals surface area contributed by atoms with Crippen LogP contribution in [-0.4, -0.2) is 11.0 Å². The third kappa shape index (κ3) is 3.29. The predicted molar refractivity (Wildman–Crippen MR) is 71.8 cm³/mol. The van der Waals surface area contributed by atoms with Crippen molar-refractivity contribution < 1.29 is 0 Å². The van der Waals surface area contributed by atoms with E-state index in [9.17, 15) is 0 Å². The van der Waals surface area contributed by atoms with Gasteiger partial charge in [-0.2, -0.15) is 0 Å². The Morgan fingerprint density at radius 2 is 2.12 bits per heavy atom. The largest absolute Gasteiger partial charge is 0.310 e. The maximum absolute atomic E-state index is 4.13. The molecule has 0 saturated heterocycles. The van der Waals surface area contributed by atoms with Crippen LogP contribution in [0.1, 0.15) is 44.2 Å². The highest BCUT2D eigenvalue weighted by atomic mass is 14.9. The Balaban J connectivity index is 1.85. The highest BCUT2D eigenvalue weighted by molar-refractivity contribution is 5.21. The van der Waals surface area contributed by atoms with Gasteiger partial charge in [0.05, 0.1) is 0 Å². The van der Waals surface area contributed by atoms with Crippen LogP contribution in [0.4, 0.5) is 0 Å². The maximum Gasteiger partial charge on any atom is 0.0300 e. The third-order valence-corrected chi connectivity index (χ3v) is 4.32. The Morgan fingerprint density at radius 3 is 2.82 bits per heavy atom. The van der Waals surface area contributed by atoms with Crippen molar-refractivity contribution in [2.24, 2.45) is 11.8 Å². The molecule has 3 unspecified atom stereocenters. The van der Waals surface area contributed by atoms with E-state index in [2.05, 4.69) is 37.1 Å². The fourth-order valence-electron chi connectivity index (χ4n) is 2.69. The Kier molecular flexibility index (Phi) is 4.16. The van der Waals surface area contributed by atoms with E-state index in [1.807, 2.05) is 12.4 Å². The van der Waals surface area contributed by atoms with E-state index in [1.165, 1.54) is 30.4 Å². The second kappa shape index (κ2) is 5.63. The molecule has 1 aromatic heterocycles. The monoisotopic (exact) mass is 232 g/mol. The van der Waals surface area contributed by atoms with E-state index in [-0.39, 0.29) is 0 Å². The van der Waals surface area contributed by atoms with Crippen molar-refractivity contribution in [1.29, 1.82) is 0 Å². The van der Waals surface area contributed by atoms with Gasteiger partial charge in [0.25, 0.3) is 0 Å². The van der Waals surface area contributed by atoms with Crippen LogP contribution >= 0.6 is 0 Å². The molecule has 0 bridgehead atoms. The lowest BCUT2D eigenvalue weighted by Crippen LogP contribution is -2.35. The number of aryl methyl sites for hydroxylation is 1. The van der Waals surface area contributed by atoms with Crippen molar-refractivity contribution >= 4 is 0 Å². The summed E-state index contributed by atoms with van der Waals surface area (Å²) in [6, 6.07) is 2.82. The number of hydrogen-bond donors (Lipinski definition) is 1. The van der Waals surface area contributed by atoms with Crippen molar-refractivity contribution in [2.45, 2.75) is 52.6 Å². The lowest BCUT2D eigenvalue weighted by Gasteiger charge is -2.32. The summed E-state index contributed by atoms with van der Waals surface area (Å²) in [5.41, 5.74) is 2.67. The van der Waals surface area contributed by atoms with E-state index >= 15 is 0 Å². The predicted octanol–water partition coefficient (Wildman–Crippen LogP) is 3.30. The highest BCUT2D eigenvalue weighted by Gasteiger charge is 2.23. The molecule has 0 aromatic carbocycles. The van der Waals surface area contributed by atoms with Crippen molar-refractivity contribution in [3.63, 3.8) is 0 Å². The summed E-state index contributed by atoms with van der Waals surface area (Å²) in [6.45, 7) is 7.89. The molecule has 0 amide bonds. The molecule has 94 valence electrons. The number of hydrogen-bond acceptors (Lipinski definition) is 2.